The highest BCUT2D eigenvalue weighted by molar-refractivity contribution is 5.97. The summed E-state index contributed by atoms with van der Waals surface area (Å²) in [4.78, 5) is 11.9. The van der Waals surface area contributed by atoms with Crippen LogP contribution in [0.4, 0.5) is 13.2 Å². The van der Waals surface area contributed by atoms with Crippen LogP contribution in [-0.2, 0) is 10.9 Å². The Morgan fingerprint density at radius 3 is 2.55 bits per heavy atom. The second-order valence-corrected chi connectivity index (χ2v) is 4.53. The predicted molar refractivity (Wildman–Crippen MR) is 74.5 cm³/mol. The van der Waals surface area contributed by atoms with E-state index in [0.29, 0.717) is 0 Å². The number of carbonyl (C=O) groups is 1. The van der Waals surface area contributed by atoms with Crippen LogP contribution < -0.4 is 0 Å². The molecule has 0 radical (unpaired) electrons. The molecule has 2 aromatic rings. The van der Waals surface area contributed by atoms with E-state index in [1.54, 1.807) is 6.92 Å². The Labute approximate surface area is 125 Å². The monoisotopic (exact) mass is 310 g/mol. The van der Waals surface area contributed by atoms with Crippen molar-refractivity contribution in [3.8, 4) is 16.9 Å². The lowest BCUT2D eigenvalue weighted by molar-refractivity contribution is -0.137. The minimum absolute atomic E-state index is 0.0963. The SMILES string of the molecule is CCOC(=O)c1ccc(O)cc1-c1cccc(C(F)(F)F)c1. The van der Waals surface area contributed by atoms with Crippen molar-refractivity contribution >= 4 is 5.97 Å². The Bertz CT molecular complexity index is 693. The molecule has 0 aromatic heterocycles. The molecule has 0 amide bonds. The summed E-state index contributed by atoms with van der Waals surface area (Å²) >= 11 is 0. The standard InChI is InChI=1S/C16H13F3O3/c1-2-22-15(21)13-7-6-12(20)9-14(13)10-4-3-5-11(8-10)16(17,18)19/h3-9,20H,2H2,1H3. The van der Waals surface area contributed by atoms with Crippen LogP contribution in [0.25, 0.3) is 11.1 Å². The highest BCUT2D eigenvalue weighted by Gasteiger charge is 2.30. The second-order valence-electron chi connectivity index (χ2n) is 4.53. The summed E-state index contributed by atoms with van der Waals surface area (Å²) in [5, 5.41) is 9.57. The molecular formula is C16H13F3O3. The molecule has 22 heavy (non-hydrogen) atoms. The van der Waals surface area contributed by atoms with Crippen molar-refractivity contribution in [3.63, 3.8) is 0 Å². The van der Waals surface area contributed by atoms with Gasteiger partial charge < -0.3 is 9.84 Å². The summed E-state index contributed by atoms with van der Waals surface area (Å²) in [6.07, 6.45) is -4.49. The van der Waals surface area contributed by atoms with Crippen LogP contribution in [0.2, 0.25) is 0 Å². The number of benzene rings is 2. The van der Waals surface area contributed by atoms with Gasteiger partial charge in [0.05, 0.1) is 17.7 Å². The summed E-state index contributed by atoms with van der Waals surface area (Å²) in [7, 11) is 0. The number of hydrogen-bond donors (Lipinski definition) is 1. The molecule has 3 nitrogen and oxygen atoms in total. The number of halogens is 3. The number of carbonyl (C=O) groups excluding carboxylic acids is 1. The Morgan fingerprint density at radius 1 is 1.18 bits per heavy atom. The number of phenolic OH excluding ortho intramolecular Hbond substituents is 1. The molecule has 116 valence electrons. The van der Waals surface area contributed by atoms with Gasteiger partial charge in [0.15, 0.2) is 0 Å². The van der Waals surface area contributed by atoms with Crippen LogP contribution >= 0.6 is 0 Å². The van der Waals surface area contributed by atoms with Gasteiger partial charge in [-0.15, -0.1) is 0 Å². The zero-order chi connectivity index (χ0) is 16.3. The van der Waals surface area contributed by atoms with Gasteiger partial charge in [-0.2, -0.15) is 13.2 Å². The largest absolute Gasteiger partial charge is 0.508 e. The maximum atomic E-state index is 12.8. The van der Waals surface area contributed by atoms with E-state index in [0.717, 1.165) is 12.1 Å². The van der Waals surface area contributed by atoms with Crippen LogP contribution in [0.3, 0.4) is 0 Å². The summed E-state index contributed by atoms with van der Waals surface area (Å²) < 4.78 is 43.3. The number of alkyl halides is 3. The van der Waals surface area contributed by atoms with E-state index in [4.69, 9.17) is 4.74 Å². The molecule has 0 aliphatic rings. The molecule has 0 bridgehead atoms. The number of aromatic hydroxyl groups is 1. The van der Waals surface area contributed by atoms with Gasteiger partial charge in [-0.25, -0.2) is 4.79 Å². The Hall–Kier alpha value is -2.50. The molecule has 2 rings (SSSR count). The van der Waals surface area contributed by atoms with E-state index in [9.17, 15) is 23.1 Å². The molecule has 0 heterocycles. The number of rotatable bonds is 3. The van der Waals surface area contributed by atoms with Gasteiger partial charge in [0.2, 0.25) is 0 Å². The number of esters is 1. The lowest BCUT2D eigenvalue weighted by Crippen LogP contribution is -2.07. The van der Waals surface area contributed by atoms with Crippen molar-refractivity contribution in [2.24, 2.45) is 0 Å². The van der Waals surface area contributed by atoms with Crippen molar-refractivity contribution in [1.82, 2.24) is 0 Å². The van der Waals surface area contributed by atoms with Crippen LogP contribution in [0, 0.1) is 0 Å². The van der Waals surface area contributed by atoms with Crippen LogP contribution in [0.5, 0.6) is 5.75 Å². The van der Waals surface area contributed by atoms with E-state index in [1.807, 2.05) is 0 Å². The quantitative estimate of drug-likeness (QED) is 0.862. The summed E-state index contributed by atoms with van der Waals surface area (Å²) in [6.45, 7) is 1.77. The third-order valence-corrected chi connectivity index (χ3v) is 3.00. The molecule has 0 saturated carbocycles. The van der Waals surface area contributed by atoms with Crippen molar-refractivity contribution in [2.45, 2.75) is 13.1 Å². The van der Waals surface area contributed by atoms with Gasteiger partial charge in [-0.05, 0) is 48.4 Å². The number of ether oxygens (including phenoxy) is 1. The first-order chi connectivity index (χ1) is 10.3. The van der Waals surface area contributed by atoms with E-state index in [-0.39, 0.29) is 29.0 Å². The van der Waals surface area contributed by atoms with Crippen LogP contribution in [-0.4, -0.2) is 17.7 Å². The lowest BCUT2D eigenvalue weighted by Gasteiger charge is -2.12. The average Bonchev–Trinajstić information content (AvgIpc) is 2.46. The minimum atomic E-state index is -4.49. The Balaban J connectivity index is 2.57. The third-order valence-electron chi connectivity index (χ3n) is 3.00. The first kappa shape index (κ1) is 15.9. The van der Waals surface area contributed by atoms with E-state index in [2.05, 4.69) is 0 Å². The molecule has 6 heteroatoms. The second kappa shape index (κ2) is 6.09. The zero-order valence-electron chi connectivity index (χ0n) is 11.6. The van der Waals surface area contributed by atoms with Gasteiger partial charge >= 0.3 is 12.1 Å². The van der Waals surface area contributed by atoms with Gasteiger partial charge in [-0.3, -0.25) is 0 Å². The van der Waals surface area contributed by atoms with E-state index in [1.165, 1.54) is 30.3 Å². The van der Waals surface area contributed by atoms with Gasteiger partial charge in [0, 0.05) is 0 Å². The van der Waals surface area contributed by atoms with E-state index < -0.39 is 17.7 Å². The molecule has 0 unspecified atom stereocenters. The summed E-state index contributed by atoms with van der Waals surface area (Å²) in [5.74, 6) is -0.810. The zero-order valence-corrected chi connectivity index (χ0v) is 11.6. The summed E-state index contributed by atoms with van der Waals surface area (Å²) in [6, 6.07) is 8.39. The first-order valence-electron chi connectivity index (χ1n) is 6.50. The van der Waals surface area contributed by atoms with Crippen molar-refractivity contribution in [3.05, 3.63) is 53.6 Å². The molecule has 1 N–H and O–H groups in total. The van der Waals surface area contributed by atoms with Crippen molar-refractivity contribution in [2.75, 3.05) is 6.61 Å². The fourth-order valence-electron chi connectivity index (χ4n) is 2.02. The number of phenols is 1. The highest BCUT2D eigenvalue weighted by Crippen LogP contribution is 2.34. The maximum Gasteiger partial charge on any atom is 0.416 e. The highest BCUT2D eigenvalue weighted by atomic mass is 19.4. The third kappa shape index (κ3) is 3.39. The predicted octanol–water partition coefficient (Wildman–Crippen LogP) is 4.25. The molecule has 0 spiro atoms. The Morgan fingerprint density at radius 2 is 1.91 bits per heavy atom. The van der Waals surface area contributed by atoms with Crippen molar-refractivity contribution < 1.29 is 27.8 Å². The lowest BCUT2D eigenvalue weighted by atomic mass is 9.97. The molecular weight excluding hydrogens is 297 g/mol. The maximum absolute atomic E-state index is 12.8. The molecule has 0 fully saturated rings. The first-order valence-corrected chi connectivity index (χ1v) is 6.50. The normalized spacial score (nSPS) is 11.3. The molecule has 0 aliphatic carbocycles. The van der Waals surface area contributed by atoms with Crippen LogP contribution in [0.15, 0.2) is 42.5 Å². The van der Waals surface area contributed by atoms with Crippen molar-refractivity contribution in [1.29, 1.82) is 0 Å². The molecule has 0 aliphatic heterocycles. The average molecular weight is 310 g/mol. The fraction of sp³-hybridized carbons (Fsp3) is 0.188. The fourth-order valence-corrected chi connectivity index (χ4v) is 2.02. The van der Waals surface area contributed by atoms with Gasteiger partial charge in [-0.1, -0.05) is 12.1 Å². The topological polar surface area (TPSA) is 46.5 Å². The van der Waals surface area contributed by atoms with Gasteiger partial charge in [0.25, 0.3) is 0 Å². The summed E-state index contributed by atoms with van der Waals surface area (Å²) in [5.41, 5.74) is -0.375. The van der Waals surface area contributed by atoms with E-state index >= 15 is 0 Å². The number of hydrogen-bond acceptors (Lipinski definition) is 3. The van der Waals surface area contributed by atoms with Gasteiger partial charge in [0.1, 0.15) is 5.75 Å². The minimum Gasteiger partial charge on any atom is -0.508 e. The molecule has 2 aromatic carbocycles. The van der Waals surface area contributed by atoms with Crippen LogP contribution in [0.1, 0.15) is 22.8 Å². The molecule has 0 saturated heterocycles. The smallest absolute Gasteiger partial charge is 0.416 e. The molecule has 0 atom stereocenters. The Kier molecular flexibility index (Phi) is 4.40.